The van der Waals surface area contributed by atoms with Crippen molar-refractivity contribution in [3.8, 4) is 0 Å². The number of nitrogens with one attached hydrogen (secondary N) is 1. The number of ether oxygens (including phenoxy) is 1. The molecule has 0 bridgehead atoms. The lowest BCUT2D eigenvalue weighted by Gasteiger charge is -2.34. The quantitative estimate of drug-likeness (QED) is 0.786. The van der Waals surface area contributed by atoms with E-state index in [4.69, 9.17) is 4.74 Å². The van der Waals surface area contributed by atoms with Gasteiger partial charge >= 0.3 is 0 Å². The van der Waals surface area contributed by atoms with Gasteiger partial charge in [0.25, 0.3) is 0 Å². The van der Waals surface area contributed by atoms with Gasteiger partial charge in [0, 0.05) is 31.6 Å². The number of nitrogens with zero attached hydrogens (tertiary/aromatic N) is 2. The minimum absolute atomic E-state index is 0.0468. The molecule has 0 amide bonds. The molecule has 2 rings (SSSR count). The molecule has 1 fully saturated rings. The number of hydrogen-bond acceptors (Lipinski definition) is 6. The Morgan fingerprint density at radius 3 is 2.67 bits per heavy atom. The van der Waals surface area contributed by atoms with Crippen molar-refractivity contribution in [3.63, 3.8) is 0 Å². The SMILES string of the molecule is Cc1nc(CNCCS(=O)(=O)N2C[C@@H](C)O[C@H](C)C2)cs1. The van der Waals surface area contributed by atoms with Gasteiger partial charge in [-0.1, -0.05) is 0 Å². The van der Waals surface area contributed by atoms with Gasteiger partial charge in [-0.3, -0.25) is 0 Å². The molecule has 1 aliphatic heterocycles. The van der Waals surface area contributed by atoms with E-state index in [0.29, 0.717) is 26.2 Å². The summed E-state index contributed by atoms with van der Waals surface area (Å²) < 4.78 is 31.7. The van der Waals surface area contributed by atoms with E-state index in [0.717, 1.165) is 10.7 Å². The molecule has 21 heavy (non-hydrogen) atoms. The van der Waals surface area contributed by atoms with Crippen molar-refractivity contribution in [3.05, 3.63) is 16.1 Å². The highest BCUT2D eigenvalue weighted by Crippen LogP contribution is 2.14. The highest BCUT2D eigenvalue weighted by atomic mass is 32.2. The summed E-state index contributed by atoms with van der Waals surface area (Å²) in [5, 5.41) is 6.15. The number of morpholine rings is 1. The topological polar surface area (TPSA) is 71.5 Å². The first-order chi connectivity index (χ1) is 9.87. The van der Waals surface area contributed by atoms with Crippen molar-refractivity contribution in [2.45, 2.75) is 39.5 Å². The van der Waals surface area contributed by atoms with E-state index in [1.165, 1.54) is 0 Å². The Morgan fingerprint density at radius 1 is 1.43 bits per heavy atom. The van der Waals surface area contributed by atoms with E-state index in [9.17, 15) is 8.42 Å². The molecule has 1 saturated heterocycles. The lowest BCUT2D eigenvalue weighted by atomic mass is 10.3. The van der Waals surface area contributed by atoms with Gasteiger partial charge in [0.1, 0.15) is 0 Å². The summed E-state index contributed by atoms with van der Waals surface area (Å²) >= 11 is 1.60. The van der Waals surface area contributed by atoms with Crippen LogP contribution >= 0.6 is 11.3 Å². The second-order valence-electron chi connectivity index (χ2n) is 5.42. The second-order valence-corrected chi connectivity index (χ2v) is 8.58. The molecule has 1 N–H and O–H groups in total. The summed E-state index contributed by atoms with van der Waals surface area (Å²) in [7, 11) is -3.23. The van der Waals surface area contributed by atoms with E-state index in [-0.39, 0.29) is 18.0 Å². The molecule has 6 nitrogen and oxygen atoms in total. The predicted octanol–water partition coefficient (Wildman–Crippen LogP) is 0.980. The van der Waals surface area contributed by atoms with Crippen LogP contribution in [0.2, 0.25) is 0 Å². The minimum atomic E-state index is -3.23. The standard InChI is InChI=1S/C13H23N3O3S2/c1-10-7-16(8-11(2)19-10)21(17,18)5-4-14-6-13-9-20-12(3)15-13/h9-11,14H,4-8H2,1-3H3/t10-,11-/m1/s1. The van der Waals surface area contributed by atoms with Crippen molar-refractivity contribution in [1.29, 1.82) is 0 Å². The van der Waals surface area contributed by atoms with E-state index >= 15 is 0 Å². The van der Waals surface area contributed by atoms with Gasteiger partial charge in [-0.15, -0.1) is 11.3 Å². The van der Waals surface area contributed by atoms with Crippen LogP contribution in [0.25, 0.3) is 0 Å². The molecular formula is C13H23N3O3S2. The third-order valence-corrected chi connectivity index (χ3v) is 5.92. The second kappa shape index (κ2) is 7.15. The fraction of sp³-hybridized carbons (Fsp3) is 0.769. The number of hydrogen-bond donors (Lipinski definition) is 1. The van der Waals surface area contributed by atoms with Gasteiger partial charge in [-0.25, -0.2) is 13.4 Å². The number of aryl methyl sites for hydroxylation is 1. The molecule has 0 aromatic carbocycles. The number of thiazole rings is 1. The molecule has 1 aliphatic rings. The average molecular weight is 333 g/mol. The van der Waals surface area contributed by atoms with Crippen molar-refractivity contribution in [2.75, 3.05) is 25.4 Å². The molecule has 0 aliphatic carbocycles. The molecule has 1 aromatic rings. The van der Waals surface area contributed by atoms with Crippen LogP contribution in [0.1, 0.15) is 24.5 Å². The molecule has 2 heterocycles. The summed E-state index contributed by atoms with van der Waals surface area (Å²) in [6, 6.07) is 0. The van der Waals surface area contributed by atoms with E-state index in [2.05, 4.69) is 10.3 Å². The maximum Gasteiger partial charge on any atom is 0.215 e. The van der Waals surface area contributed by atoms with Crippen LogP contribution in [-0.2, 0) is 21.3 Å². The maximum absolute atomic E-state index is 12.3. The van der Waals surface area contributed by atoms with Crippen molar-refractivity contribution >= 4 is 21.4 Å². The zero-order valence-corrected chi connectivity index (χ0v) is 14.3. The Labute approximate surface area is 130 Å². The van der Waals surface area contributed by atoms with Crippen LogP contribution in [-0.4, -0.2) is 55.3 Å². The lowest BCUT2D eigenvalue weighted by Crippen LogP contribution is -2.49. The van der Waals surface area contributed by atoms with Crippen LogP contribution in [0.5, 0.6) is 0 Å². The Morgan fingerprint density at radius 2 is 2.10 bits per heavy atom. The lowest BCUT2D eigenvalue weighted by molar-refractivity contribution is -0.0440. The van der Waals surface area contributed by atoms with Crippen molar-refractivity contribution < 1.29 is 13.2 Å². The van der Waals surface area contributed by atoms with Crippen LogP contribution < -0.4 is 5.32 Å². The molecule has 120 valence electrons. The normalized spacial score (nSPS) is 24.3. The highest BCUT2D eigenvalue weighted by molar-refractivity contribution is 7.89. The molecule has 2 atom stereocenters. The number of sulfonamides is 1. The van der Waals surface area contributed by atoms with E-state index in [1.54, 1.807) is 15.6 Å². The Bertz CT molecular complexity index is 549. The molecule has 0 saturated carbocycles. The molecular weight excluding hydrogens is 310 g/mol. The zero-order chi connectivity index (χ0) is 15.5. The first kappa shape index (κ1) is 16.8. The van der Waals surface area contributed by atoms with Gasteiger partial charge in [-0.05, 0) is 20.8 Å². The first-order valence-electron chi connectivity index (χ1n) is 7.12. The smallest absolute Gasteiger partial charge is 0.215 e. The largest absolute Gasteiger partial charge is 0.373 e. The summed E-state index contributed by atoms with van der Waals surface area (Å²) in [5.41, 5.74) is 0.962. The van der Waals surface area contributed by atoms with Gasteiger partial charge in [-0.2, -0.15) is 4.31 Å². The van der Waals surface area contributed by atoms with E-state index < -0.39 is 10.0 Å². The van der Waals surface area contributed by atoms with Crippen LogP contribution in [0.4, 0.5) is 0 Å². The Balaban J connectivity index is 1.78. The van der Waals surface area contributed by atoms with Crippen molar-refractivity contribution in [2.24, 2.45) is 0 Å². The molecule has 1 aromatic heterocycles. The van der Waals surface area contributed by atoms with Crippen LogP contribution in [0.3, 0.4) is 0 Å². The highest BCUT2D eigenvalue weighted by Gasteiger charge is 2.30. The average Bonchev–Trinajstić information content (AvgIpc) is 2.79. The van der Waals surface area contributed by atoms with E-state index in [1.807, 2.05) is 26.2 Å². The fourth-order valence-electron chi connectivity index (χ4n) is 2.39. The number of aromatic nitrogens is 1. The third kappa shape index (κ3) is 5.00. The summed E-state index contributed by atoms with van der Waals surface area (Å²) in [4.78, 5) is 4.33. The molecule has 8 heteroatoms. The molecule has 0 spiro atoms. The number of rotatable bonds is 6. The van der Waals surface area contributed by atoms with Crippen molar-refractivity contribution in [1.82, 2.24) is 14.6 Å². The van der Waals surface area contributed by atoms with Crippen LogP contribution in [0, 0.1) is 6.92 Å². The Hall–Kier alpha value is -0.540. The third-order valence-electron chi connectivity index (χ3n) is 3.29. The summed E-state index contributed by atoms with van der Waals surface area (Å²) in [6.45, 7) is 7.69. The summed E-state index contributed by atoms with van der Waals surface area (Å²) in [5.74, 6) is 0.107. The molecule has 0 unspecified atom stereocenters. The monoisotopic (exact) mass is 333 g/mol. The molecule has 0 radical (unpaired) electrons. The minimum Gasteiger partial charge on any atom is -0.373 e. The Kier molecular flexibility index (Phi) is 5.73. The van der Waals surface area contributed by atoms with Gasteiger partial charge in [0.15, 0.2) is 0 Å². The first-order valence-corrected chi connectivity index (χ1v) is 9.60. The summed E-state index contributed by atoms with van der Waals surface area (Å²) in [6.07, 6.45) is -0.0936. The van der Waals surface area contributed by atoms with Crippen LogP contribution in [0.15, 0.2) is 5.38 Å². The maximum atomic E-state index is 12.3. The van der Waals surface area contributed by atoms with Gasteiger partial charge in [0.05, 0.1) is 28.7 Å². The van der Waals surface area contributed by atoms with Gasteiger partial charge < -0.3 is 10.1 Å². The fourth-order valence-corrected chi connectivity index (χ4v) is 4.54. The predicted molar refractivity (Wildman–Crippen MR) is 83.9 cm³/mol. The van der Waals surface area contributed by atoms with Gasteiger partial charge in [0.2, 0.25) is 10.0 Å². The zero-order valence-electron chi connectivity index (χ0n) is 12.7.